The third-order valence-corrected chi connectivity index (χ3v) is 7.63. The number of amides is 1. The molecule has 1 amide bonds. The van der Waals surface area contributed by atoms with Gasteiger partial charge in [0.15, 0.2) is 0 Å². The van der Waals surface area contributed by atoms with Crippen LogP contribution in [0.15, 0.2) is 84.0 Å². The number of anilines is 1. The van der Waals surface area contributed by atoms with Crippen molar-refractivity contribution in [3.8, 4) is 5.69 Å². The fourth-order valence-corrected chi connectivity index (χ4v) is 5.31. The first-order valence-corrected chi connectivity index (χ1v) is 14.1. The molecule has 0 aliphatic carbocycles. The van der Waals surface area contributed by atoms with Crippen LogP contribution < -0.4 is 9.73 Å². The Balaban J connectivity index is 1.47. The van der Waals surface area contributed by atoms with Gasteiger partial charge in [0.1, 0.15) is 0 Å². The summed E-state index contributed by atoms with van der Waals surface area (Å²) < 4.78 is 28.5. The Morgan fingerprint density at radius 3 is 2.32 bits per heavy atom. The molecule has 0 fully saturated rings. The fourth-order valence-electron chi connectivity index (χ4n) is 4.43. The number of hydrogen-bond donors (Lipinski definition) is 1. The molecule has 7 nitrogen and oxygen atoms in total. The summed E-state index contributed by atoms with van der Waals surface area (Å²) in [5, 5.41) is 4.16. The molecule has 4 aromatic rings. The number of aromatic nitrogens is 1. The van der Waals surface area contributed by atoms with Gasteiger partial charge in [-0.2, -0.15) is 5.10 Å². The van der Waals surface area contributed by atoms with Gasteiger partial charge in [-0.05, 0) is 86.8 Å². The average Bonchev–Trinajstić information content (AvgIpc) is 3.15. The molecule has 0 spiro atoms. The third kappa shape index (κ3) is 6.03. The zero-order chi connectivity index (χ0) is 27.4. The molecule has 1 N–H and O–H groups in total. The minimum Gasteiger partial charge on any atom is -0.318 e. The van der Waals surface area contributed by atoms with E-state index in [-0.39, 0.29) is 12.5 Å². The highest BCUT2D eigenvalue weighted by Gasteiger charge is 2.19. The van der Waals surface area contributed by atoms with Crippen LogP contribution in [0, 0.1) is 27.7 Å². The quantitative estimate of drug-likeness (QED) is 0.244. The van der Waals surface area contributed by atoms with Crippen LogP contribution >= 0.6 is 0 Å². The van der Waals surface area contributed by atoms with Crippen molar-refractivity contribution in [2.24, 2.45) is 5.10 Å². The lowest BCUT2D eigenvalue weighted by molar-refractivity contribution is 0.0955. The van der Waals surface area contributed by atoms with Crippen LogP contribution in [0.5, 0.6) is 0 Å². The summed E-state index contributed by atoms with van der Waals surface area (Å²) in [5.41, 5.74) is 10.6. The van der Waals surface area contributed by atoms with E-state index in [0.717, 1.165) is 33.8 Å². The van der Waals surface area contributed by atoms with Crippen LogP contribution in [0.1, 0.15) is 44.0 Å². The number of hydrazone groups is 1. The highest BCUT2D eigenvalue weighted by atomic mass is 32.2. The lowest BCUT2D eigenvalue weighted by atomic mass is 10.1. The van der Waals surface area contributed by atoms with Gasteiger partial charge in [-0.1, -0.05) is 36.4 Å². The maximum atomic E-state index is 12.7. The van der Waals surface area contributed by atoms with Gasteiger partial charge >= 0.3 is 0 Å². The van der Waals surface area contributed by atoms with Crippen LogP contribution in [0.4, 0.5) is 5.69 Å². The summed E-state index contributed by atoms with van der Waals surface area (Å²) >= 11 is 0. The third-order valence-electron chi connectivity index (χ3n) is 6.49. The summed E-state index contributed by atoms with van der Waals surface area (Å²) in [5.74, 6) is -0.384. The Hall–Kier alpha value is -4.17. The molecule has 0 saturated heterocycles. The van der Waals surface area contributed by atoms with Crippen molar-refractivity contribution < 1.29 is 13.2 Å². The van der Waals surface area contributed by atoms with Crippen LogP contribution in [-0.2, 0) is 16.6 Å². The molecule has 0 radical (unpaired) electrons. The van der Waals surface area contributed by atoms with Gasteiger partial charge in [0.05, 0.1) is 24.7 Å². The van der Waals surface area contributed by atoms with E-state index < -0.39 is 10.0 Å². The van der Waals surface area contributed by atoms with E-state index in [1.165, 1.54) is 16.1 Å². The number of hydrogen-bond acceptors (Lipinski definition) is 4. The zero-order valence-corrected chi connectivity index (χ0v) is 23.1. The average molecular weight is 529 g/mol. The number of nitrogens with one attached hydrogen (secondary N) is 1. The topological polar surface area (TPSA) is 83.8 Å². The summed E-state index contributed by atoms with van der Waals surface area (Å²) in [6, 6.07) is 24.4. The summed E-state index contributed by atoms with van der Waals surface area (Å²) in [6.45, 7) is 8.27. The van der Waals surface area contributed by atoms with Crippen LogP contribution in [0.3, 0.4) is 0 Å². The Morgan fingerprint density at radius 2 is 1.66 bits per heavy atom. The minimum atomic E-state index is -3.53. The Labute approximate surface area is 224 Å². The summed E-state index contributed by atoms with van der Waals surface area (Å²) in [6.07, 6.45) is 2.81. The SMILES string of the molecule is Cc1cccc(-n2c(C)cc(/C=N\NC(=O)c3ccc(N(Cc4ccccc4C)S(C)(=O)=O)cc3)c2C)c1. The second kappa shape index (κ2) is 11.1. The van der Waals surface area contributed by atoms with Crippen molar-refractivity contribution >= 4 is 27.8 Å². The summed E-state index contributed by atoms with van der Waals surface area (Å²) in [7, 11) is -3.53. The van der Waals surface area contributed by atoms with Crippen molar-refractivity contribution in [3.63, 3.8) is 0 Å². The molecular weight excluding hydrogens is 496 g/mol. The van der Waals surface area contributed by atoms with Crippen molar-refractivity contribution in [2.75, 3.05) is 10.6 Å². The lowest BCUT2D eigenvalue weighted by Gasteiger charge is -2.23. The van der Waals surface area contributed by atoms with Crippen LogP contribution in [-0.4, -0.2) is 31.4 Å². The minimum absolute atomic E-state index is 0.211. The van der Waals surface area contributed by atoms with Gasteiger partial charge in [-0.15, -0.1) is 0 Å². The van der Waals surface area contributed by atoms with Gasteiger partial charge in [0, 0.05) is 28.2 Å². The number of benzene rings is 3. The van der Waals surface area contributed by atoms with Gasteiger partial charge in [0.2, 0.25) is 10.0 Å². The lowest BCUT2D eigenvalue weighted by Crippen LogP contribution is -2.29. The van der Waals surface area contributed by atoms with Crippen molar-refractivity contribution in [3.05, 3.63) is 118 Å². The Bertz CT molecular complexity index is 1600. The Kier molecular flexibility index (Phi) is 7.83. The predicted octanol–water partition coefficient (Wildman–Crippen LogP) is 5.44. The smallest absolute Gasteiger partial charge is 0.271 e. The number of nitrogens with zero attached hydrogens (tertiary/aromatic N) is 3. The van der Waals surface area contributed by atoms with E-state index in [1.54, 1.807) is 30.5 Å². The number of aryl methyl sites for hydroxylation is 3. The maximum Gasteiger partial charge on any atom is 0.271 e. The molecule has 0 atom stereocenters. The van der Waals surface area contributed by atoms with Crippen molar-refractivity contribution in [1.82, 2.24) is 9.99 Å². The number of carbonyl (C=O) groups excluding carboxylic acids is 1. The van der Waals surface area contributed by atoms with Crippen molar-refractivity contribution in [2.45, 2.75) is 34.2 Å². The van der Waals surface area contributed by atoms with E-state index in [4.69, 9.17) is 0 Å². The molecule has 196 valence electrons. The molecule has 0 aliphatic rings. The van der Waals surface area contributed by atoms with Gasteiger partial charge in [0.25, 0.3) is 5.91 Å². The van der Waals surface area contributed by atoms with Crippen LogP contribution in [0.25, 0.3) is 5.69 Å². The molecule has 0 aliphatic heterocycles. The molecule has 0 unspecified atom stereocenters. The number of rotatable bonds is 8. The first-order valence-electron chi connectivity index (χ1n) is 12.3. The monoisotopic (exact) mass is 528 g/mol. The molecule has 1 aromatic heterocycles. The van der Waals surface area contributed by atoms with Gasteiger partial charge in [-0.25, -0.2) is 13.8 Å². The van der Waals surface area contributed by atoms with E-state index in [0.29, 0.717) is 11.3 Å². The standard InChI is InChI=1S/C30H32N4O3S/c1-21-9-8-12-29(17-21)34-23(3)18-27(24(34)4)19-31-32-30(35)25-13-15-28(16-14-25)33(38(5,36)37)20-26-11-7-6-10-22(26)2/h6-19H,20H2,1-5H3,(H,32,35)/b31-19-. The summed E-state index contributed by atoms with van der Waals surface area (Å²) in [4.78, 5) is 12.7. The molecule has 38 heavy (non-hydrogen) atoms. The number of sulfonamides is 1. The molecule has 8 heteroatoms. The predicted molar refractivity (Wildman–Crippen MR) is 154 cm³/mol. The molecule has 4 rings (SSSR count). The normalized spacial score (nSPS) is 11.6. The van der Waals surface area contributed by atoms with Crippen LogP contribution in [0.2, 0.25) is 0 Å². The number of carbonyl (C=O) groups is 1. The highest BCUT2D eigenvalue weighted by molar-refractivity contribution is 7.92. The first kappa shape index (κ1) is 26.9. The van der Waals surface area contributed by atoms with Crippen molar-refractivity contribution in [1.29, 1.82) is 0 Å². The molecule has 1 heterocycles. The van der Waals surface area contributed by atoms with Gasteiger partial charge < -0.3 is 4.57 Å². The Morgan fingerprint density at radius 1 is 0.947 bits per heavy atom. The second-order valence-corrected chi connectivity index (χ2v) is 11.3. The van der Waals surface area contributed by atoms with E-state index in [9.17, 15) is 13.2 Å². The maximum absolute atomic E-state index is 12.7. The molecule has 0 bridgehead atoms. The molecule has 3 aromatic carbocycles. The zero-order valence-electron chi connectivity index (χ0n) is 22.3. The fraction of sp³-hybridized carbons (Fsp3) is 0.200. The van der Waals surface area contributed by atoms with E-state index in [2.05, 4.69) is 40.2 Å². The highest BCUT2D eigenvalue weighted by Crippen LogP contribution is 2.23. The first-order chi connectivity index (χ1) is 18.0. The van der Waals surface area contributed by atoms with E-state index >= 15 is 0 Å². The largest absolute Gasteiger partial charge is 0.318 e. The molecular formula is C30H32N4O3S. The van der Waals surface area contributed by atoms with E-state index in [1.807, 2.05) is 57.2 Å². The second-order valence-electron chi connectivity index (χ2n) is 9.44. The van der Waals surface area contributed by atoms with Gasteiger partial charge in [-0.3, -0.25) is 9.10 Å². The molecule has 0 saturated carbocycles.